The monoisotopic (exact) mass is 884 g/mol. The highest BCUT2D eigenvalue weighted by Gasteiger charge is 2.18. The molecule has 7 heteroatoms. The molecule has 68 heavy (non-hydrogen) atoms. The second-order valence-corrected chi connectivity index (χ2v) is 17.0. The van der Waals surface area contributed by atoms with Gasteiger partial charge >= 0.3 is 0 Å². The van der Waals surface area contributed by atoms with E-state index < -0.39 is 0 Å². The van der Waals surface area contributed by atoms with Crippen LogP contribution < -0.4 is 0 Å². The van der Waals surface area contributed by atoms with Crippen molar-refractivity contribution >= 4 is 5.57 Å². The molecule has 7 nitrogen and oxygen atoms in total. The van der Waals surface area contributed by atoms with E-state index in [9.17, 15) is 0 Å². The number of nitrogens with zero attached hydrogens (tertiary/aromatic N) is 6. The van der Waals surface area contributed by atoms with Crippen LogP contribution in [0, 0.1) is 27.7 Å². The van der Waals surface area contributed by atoms with Crippen molar-refractivity contribution < 1.29 is 4.74 Å². The Morgan fingerprint density at radius 2 is 0.912 bits per heavy atom. The molecule has 0 spiro atoms. The van der Waals surface area contributed by atoms with E-state index in [4.69, 9.17) is 34.6 Å². The van der Waals surface area contributed by atoms with E-state index in [2.05, 4.69) is 156 Å². The summed E-state index contributed by atoms with van der Waals surface area (Å²) in [6.45, 7) is 15.4. The van der Waals surface area contributed by atoms with Crippen LogP contribution in [0.2, 0.25) is 0 Å². The molecule has 0 N–H and O–H groups in total. The summed E-state index contributed by atoms with van der Waals surface area (Å²) >= 11 is 0. The summed E-state index contributed by atoms with van der Waals surface area (Å²) in [4.78, 5) is 30.4. The first-order valence-electron chi connectivity index (χ1n) is 22.9. The van der Waals surface area contributed by atoms with Gasteiger partial charge in [-0.1, -0.05) is 164 Å². The zero-order valence-electron chi connectivity index (χ0n) is 39.1. The van der Waals surface area contributed by atoms with Crippen LogP contribution in [0.3, 0.4) is 0 Å². The number of allylic oxidation sites excluding steroid dienone is 9. The van der Waals surface area contributed by atoms with E-state index in [1.165, 1.54) is 0 Å². The molecule has 0 fully saturated rings. The van der Waals surface area contributed by atoms with E-state index in [0.717, 1.165) is 83.5 Å². The summed E-state index contributed by atoms with van der Waals surface area (Å²) in [5.74, 6) is 3.64. The number of hydrogen-bond acceptors (Lipinski definition) is 7. The third kappa shape index (κ3) is 10.2. The van der Waals surface area contributed by atoms with Crippen LogP contribution in [0.1, 0.15) is 46.2 Å². The van der Waals surface area contributed by atoms with Crippen LogP contribution >= 0.6 is 0 Å². The van der Waals surface area contributed by atoms with Gasteiger partial charge in [-0.2, -0.15) is 0 Å². The van der Waals surface area contributed by atoms with Crippen molar-refractivity contribution in [1.82, 2.24) is 29.9 Å². The maximum absolute atomic E-state index is 5.93. The number of ether oxygens (including phenoxy) is 1. The molecule has 0 amide bonds. The highest BCUT2D eigenvalue weighted by molar-refractivity contribution is 5.80. The Kier molecular flexibility index (Phi) is 13.4. The summed E-state index contributed by atoms with van der Waals surface area (Å²) in [5.41, 5.74) is 15.0. The Bertz CT molecular complexity index is 3210. The predicted molar refractivity (Wildman–Crippen MR) is 278 cm³/mol. The molecule has 3 heterocycles. The van der Waals surface area contributed by atoms with Crippen LogP contribution in [-0.2, 0) is 4.74 Å². The Balaban J connectivity index is 1.08. The smallest absolute Gasteiger partial charge is 0.164 e. The standard InChI is InChI=1S/C61H52N6O/c1-40-20-7-11-30-52(40)58-62-56(63-59(66-58)53-31-12-8-21-41(53)2)50-27-17-25-48(38-50)46-24-15-16-34-68-35-19-29-47(37-45(6)44(5)36-46)49-26-18-28-51(39-49)57-64-60(54-32-13-9-22-42(54)3)67-61(65-57)55-33-14-10-23-43(55)4/h7-34,36-39,46H,6,35H2,1-5H3/b24-15?,29-19-,34-16+,44-36+,47-37+. The van der Waals surface area contributed by atoms with Gasteiger partial charge in [0.1, 0.15) is 6.61 Å². The van der Waals surface area contributed by atoms with Crippen LogP contribution in [0.5, 0.6) is 0 Å². The van der Waals surface area contributed by atoms with Crippen LogP contribution in [0.25, 0.3) is 73.9 Å². The topological polar surface area (TPSA) is 86.6 Å². The zero-order valence-corrected chi connectivity index (χ0v) is 39.1. The normalized spacial score (nSPS) is 16.7. The summed E-state index contributed by atoms with van der Waals surface area (Å²) in [6, 6.07) is 49.6. The summed E-state index contributed by atoms with van der Waals surface area (Å²) in [7, 11) is 0. The first-order chi connectivity index (χ1) is 33.2. The third-order valence-corrected chi connectivity index (χ3v) is 12.2. The van der Waals surface area contributed by atoms with Gasteiger partial charge in [0.05, 0.1) is 6.26 Å². The van der Waals surface area contributed by atoms with Crippen molar-refractivity contribution in [2.45, 2.75) is 40.5 Å². The van der Waals surface area contributed by atoms with E-state index in [1.54, 1.807) is 6.26 Å². The van der Waals surface area contributed by atoms with E-state index >= 15 is 0 Å². The molecule has 8 aromatic rings. The fourth-order valence-corrected chi connectivity index (χ4v) is 8.25. The molecule has 332 valence electrons. The third-order valence-electron chi connectivity index (χ3n) is 12.2. The number of benzene rings is 6. The fourth-order valence-electron chi connectivity index (χ4n) is 8.25. The summed E-state index contributed by atoms with van der Waals surface area (Å²) in [6.07, 6.45) is 16.3. The Morgan fingerprint density at radius 1 is 0.471 bits per heavy atom. The first kappa shape index (κ1) is 44.8. The lowest BCUT2D eigenvalue weighted by Crippen LogP contribution is -2.02. The zero-order chi connectivity index (χ0) is 47.0. The Labute approximate surface area is 399 Å². The second kappa shape index (κ2) is 20.4. The fraction of sp³-hybridized carbons (Fsp3) is 0.115. The minimum Gasteiger partial charge on any atom is -0.497 e. The van der Waals surface area contributed by atoms with Crippen LogP contribution in [0.15, 0.2) is 212 Å². The molecule has 0 aliphatic carbocycles. The first-order valence-corrected chi connectivity index (χ1v) is 22.9. The van der Waals surface area contributed by atoms with Gasteiger partial charge in [-0.25, -0.2) is 29.9 Å². The second-order valence-electron chi connectivity index (χ2n) is 17.0. The lowest BCUT2D eigenvalue weighted by atomic mass is 9.92. The van der Waals surface area contributed by atoms with Gasteiger partial charge in [-0.15, -0.1) is 0 Å². The lowest BCUT2D eigenvalue weighted by molar-refractivity contribution is 0.290. The molecule has 0 radical (unpaired) electrons. The van der Waals surface area contributed by atoms with Gasteiger partial charge in [-0.05, 0) is 115 Å². The minimum absolute atomic E-state index is 0.114. The Morgan fingerprint density at radius 3 is 1.41 bits per heavy atom. The highest BCUT2D eigenvalue weighted by Crippen LogP contribution is 2.33. The molecular formula is C61H52N6O. The average Bonchev–Trinajstić information content (AvgIpc) is 3.36. The highest BCUT2D eigenvalue weighted by atomic mass is 16.5. The molecule has 2 aromatic heterocycles. The molecule has 1 aliphatic heterocycles. The van der Waals surface area contributed by atoms with Crippen molar-refractivity contribution in [3.8, 4) is 68.3 Å². The van der Waals surface area contributed by atoms with Crippen molar-refractivity contribution in [1.29, 1.82) is 0 Å². The molecule has 1 aliphatic rings. The van der Waals surface area contributed by atoms with Crippen molar-refractivity contribution in [3.05, 3.63) is 245 Å². The maximum atomic E-state index is 5.93. The quantitative estimate of drug-likeness (QED) is 0.150. The molecule has 1 unspecified atom stereocenters. The number of rotatable bonds is 8. The predicted octanol–water partition coefficient (Wildman–Crippen LogP) is 14.6. The molecule has 6 aromatic carbocycles. The van der Waals surface area contributed by atoms with Gasteiger partial charge in [0.15, 0.2) is 34.9 Å². The van der Waals surface area contributed by atoms with Crippen molar-refractivity contribution in [2.75, 3.05) is 6.61 Å². The summed E-state index contributed by atoms with van der Waals surface area (Å²) < 4.78 is 5.93. The molecule has 0 bridgehead atoms. The molecule has 9 rings (SSSR count). The molecule has 1 atom stereocenters. The summed E-state index contributed by atoms with van der Waals surface area (Å²) in [5, 5.41) is 0. The van der Waals surface area contributed by atoms with Crippen molar-refractivity contribution in [3.63, 3.8) is 0 Å². The largest absolute Gasteiger partial charge is 0.497 e. The van der Waals surface area contributed by atoms with Crippen LogP contribution in [0.4, 0.5) is 0 Å². The molecular weight excluding hydrogens is 833 g/mol. The van der Waals surface area contributed by atoms with Crippen LogP contribution in [-0.4, -0.2) is 36.5 Å². The van der Waals surface area contributed by atoms with Gasteiger partial charge in [0.2, 0.25) is 0 Å². The number of aromatic nitrogens is 6. The van der Waals surface area contributed by atoms with Gasteiger partial charge in [0.25, 0.3) is 0 Å². The lowest BCUT2D eigenvalue weighted by Gasteiger charge is -2.15. The molecule has 0 saturated heterocycles. The average molecular weight is 885 g/mol. The van der Waals surface area contributed by atoms with E-state index in [0.29, 0.717) is 41.6 Å². The van der Waals surface area contributed by atoms with Gasteiger partial charge < -0.3 is 4.74 Å². The molecule has 0 saturated carbocycles. The van der Waals surface area contributed by atoms with Gasteiger partial charge in [-0.3, -0.25) is 0 Å². The number of hydrogen-bond donors (Lipinski definition) is 0. The SMILES string of the molecule is C=C1/C=C(c2cccc(-c3nc(-c4ccccc4C)nc(-c4ccccc4C)n3)c2)\C=C/CO/C=C/C=CC(c2cccc(-c3nc(-c4ccccc4C)nc(-c4ccccc4C)n3)c2)/C=C/1C. The number of aryl methyl sites for hydroxylation is 4. The van der Waals surface area contributed by atoms with E-state index in [-0.39, 0.29) is 5.92 Å². The van der Waals surface area contributed by atoms with E-state index in [1.807, 2.05) is 72.8 Å². The minimum atomic E-state index is -0.114. The van der Waals surface area contributed by atoms with Crippen molar-refractivity contribution in [2.24, 2.45) is 0 Å². The maximum Gasteiger partial charge on any atom is 0.164 e. The van der Waals surface area contributed by atoms with Gasteiger partial charge in [0, 0.05) is 39.3 Å². The Hall–Kier alpha value is -8.42.